The van der Waals surface area contributed by atoms with E-state index in [1.807, 2.05) is 30.3 Å². The predicted octanol–water partition coefficient (Wildman–Crippen LogP) is 1.16. The molecule has 5 nitrogen and oxygen atoms in total. The van der Waals surface area contributed by atoms with Gasteiger partial charge in [0.1, 0.15) is 0 Å². The Morgan fingerprint density at radius 3 is 2.50 bits per heavy atom. The minimum Gasteiger partial charge on any atom is -0.379 e. The van der Waals surface area contributed by atoms with Gasteiger partial charge in [-0.15, -0.1) is 0 Å². The van der Waals surface area contributed by atoms with Crippen molar-refractivity contribution in [3.05, 3.63) is 35.9 Å². The number of morpholine rings is 1. The number of nitrogens with zero attached hydrogens (tertiary/aromatic N) is 1. The van der Waals surface area contributed by atoms with Gasteiger partial charge in [-0.3, -0.25) is 0 Å². The zero-order valence-electron chi connectivity index (χ0n) is 11.2. The summed E-state index contributed by atoms with van der Waals surface area (Å²) in [6, 6.07) is 9.70. The third-order valence-electron chi connectivity index (χ3n) is 3.14. The first-order valence-electron chi connectivity index (χ1n) is 6.57. The fourth-order valence-corrected chi connectivity index (χ4v) is 4.07. The molecule has 0 aliphatic carbocycles. The largest absolute Gasteiger partial charge is 0.379 e. The molecule has 0 spiro atoms. The van der Waals surface area contributed by atoms with E-state index in [-0.39, 0.29) is 6.04 Å². The van der Waals surface area contributed by atoms with Crippen molar-refractivity contribution in [2.24, 2.45) is 0 Å². The summed E-state index contributed by atoms with van der Waals surface area (Å²) in [5.41, 5.74) is 1.11. The van der Waals surface area contributed by atoms with Gasteiger partial charge in [-0.2, -0.15) is 17.4 Å². The molecule has 0 bridgehead atoms. The summed E-state index contributed by atoms with van der Waals surface area (Å²) in [7, 11) is -3.44. The van der Waals surface area contributed by atoms with E-state index in [1.54, 1.807) is 0 Å². The molecule has 112 valence electrons. The van der Waals surface area contributed by atoms with Crippen LogP contribution in [0.5, 0.6) is 0 Å². The van der Waals surface area contributed by atoms with Crippen LogP contribution < -0.4 is 4.72 Å². The van der Waals surface area contributed by atoms with Gasteiger partial charge < -0.3 is 4.74 Å². The molecule has 0 amide bonds. The summed E-state index contributed by atoms with van der Waals surface area (Å²) in [5.74, 6) is 0. The molecule has 1 aliphatic heterocycles. The summed E-state index contributed by atoms with van der Waals surface area (Å²) in [4.78, 5) is 0. The first-order valence-corrected chi connectivity index (χ1v) is 9.13. The maximum atomic E-state index is 12.3. The van der Waals surface area contributed by atoms with Crippen LogP contribution in [0.4, 0.5) is 0 Å². The molecule has 0 saturated carbocycles. The van der Waals surface area contributed by atoms with Gasteiger partial charge in [0.2, 0.25) is 0 Å². The fourth-order valence-electron chi connectivity index (χ4n) is 2.10. The van der Waals surface area contributed by atoms with Gasteiger partial charge >= 0.3 is 0 Å². The second-order valence-electron chi connectivity index (χ2n) is 4.68. The highest BCUT2D eigenvalue weighted by molar-refractivity contribution is 9.09. The first kappa shape index (κ1) is 15.9. The lowest BCUT2D eigenvalue weighted by Gasteiger charge is -2.28. The molecule has 7 heteroatoms. The topological polar surface area (TPSA) is 58.6 Å². The van der Waals surface area contributed by atoms with Crippen LogP contribution in [-0.2, 0) is 21.4 Å². The van der Waals surface area contributed by atoms with Crippen LogP contribution >= 0.6 is 15.9 Å². The molecule has 1 unspecified atom stereocenters. The van der Waals surface area contributed by atoms with Crippen molar-refractivity contribution in [3.63, 3.8) is 0 Å². The number of alkyl halides is 1. The predicted molar refractivity (Wildman–Crippen MR) is 82.2 cm³/mol. The smallest absolute Gasteiger partial charge is 0.279 e. The fraction of sp³-hybridized carbons (Fsp3) is 0.538. The molecule has 1 aromatic rings. The van der Waals surface area contributed by atoms with E-state index in [0.29, 0.717) is 38.1 Å². The number of ether oxygens (including phenoxy) is 1. The molecule has 2 rings (SSSR count). The van der Waals surface area contributed by atoms with Gasteiger partial charge in [0, 0.05) is 24.5 Å². The van der Waals surface area contributed by atoms with Crippen LogP contribution in [0.2, 0.25) is 0 Å². The number of benzene rings is 1. The monoisotopic (exact) mass is 362 g/mol. The Morgan fingerprint density at radius 2 is 1.90 bits per heavy atom. The van der Waals surface area contributed by atoms with E-state index in [2.05, 4.69) is 20.7 Å². The van der Waals surface area contributed by atoms with Crippen LogP contribution in [0, 0.1) is 0 Å². The van der Waals surface area contributed by atoms with Gasteiger partial charge in [-0.1, -0.05) is 46.3 Å². The van der Waals surface area contributed by atoms with Crippen LogP contribution in [0.1, 0.15) is 5.56 Å². The summed E-state index contributed by atoms with van der Waals surface area (Å²) in [6.45, 7) is 1.74. The Balaban J connectivity index is 1.98. The molecule has 0 aromatic heterocycles. The van der Waals surface area contributed by atoms with Gasteiger partial charge in [0.15, 0.2) is 0 Å². The lowest BCUT2D eigenvalue weighted by molar-refractivity contribution is 0.0723. The molecule has 20 heavy (non-hydrogen) atoms. The van der Waals surface area contributed by atoms with Crippen LogP contribution in [0.25, 0.3) is 0 Å². The zero-order chi connectivity index (χ0) is 14.4. The molecule has 1 atom stereocenters. The van der Waals surface area contributed by atoms with Crippen molar-refractivity contribution in [3.8, 4) is 0 Å². The normalized spacial score (nSPS) is 18.9. The van der Waals surface area contributed by atoms with Crippen LogP contribution in [-0.4, -0.2) is 50.4 Å². The van der Waals surface area contributed by atoms with Gasteiger partial charge in [0.25, 0.3) is 10.2 Å². The molecule has 1 N–H and O–H groups in total. The van der Waals surface area contributed by atoms with Gasteiger partial charge in [-0.05, 0) is 12.0 Å². The molecule has 1 aromatic carbocycles. The van der Waals surface area contributed by atoms with Gasteiger partial charge in [-0.25, -0.2) is 0 Å². The minimum absolute atomic E-state index is 0.162. The highest BCUT2D eigenvalue weighted by Crippen LogP contribution is 2.09. The lowest BCUT2D eigenvalue weighted by atomic mass is 10.1. The average molecular weight is 363 g/mol. The molecular formula is C13H19BrN2O3S. The van der Waals surface area contributed by atoms with Gasteiger partial charge in [0.05, 0.1) is 13.2 Å². The summed E-state index contributed by atoms with van der Waals surface area (Å²) in [6.07, 6.45) is 0.662. The Labute approximate surface area is 128 Å². The molecule has 1 heterocycles. The van der Waals surface area contributed by atoms with E-state index in [1.165, 1.54) is 4.31 Å². The average Bonchev–Trinajstić information content (AvgIpc) is 2.48. The third-order valence-corrected chi connectivity index (χ3v) is 5.59. The molecular weight excluding hydrogens is 344 g/mol. The Hall–Kier alpha value is -0.470. The Morgan fingerprint density at radius 1 is 1.25 bits per heavy atom. The maximum absolute atomic E-state index is 12.3. The summed E-state index contributed by atoms with van der Waals surface area (Å²) in [5, 5.41) is 0.575. The number of nitrogens with one attached hydrogen (secondary N) is 1. The SMILES string of the molecule is O=S(=O)(NC(CBr)Cc1ccccc1)N1CCOCC1. The van der Waals surface area contributed by atoms with E-state index < -0.39 is 10.2 Å². The summed E-state index contributed by atoms with van der Waals surface area (Å²) >= 11 is 3.38. The molecule has 0 radical (unpaired) electrons. The first-order chi connectivity index (χ1) is 9.62. The molecule has 1 saturated heterocycles. The van der Waals surface area contributed by atoms with Crippen LogP contribution in [0.15, 0.2) is 30.3 Å². The molecule has 1 aliphatic rings. The van der Waals surface area contributed by atoms with E-state index in [4.69, 9.17) is 4.74 Å². The number of hydrogen-bond donors (Lipinski definition) is 1. The Kier molecular flexibility index (Phi) is 5.98. The second kappa shape index (κ2) is 7.51. The highest BCUT2D eigenvalue weighted by atomic mass is 79.9. The third kappa shape index (κ3) is 4.53. The quantitative estimate of drug-likeness (QED) is 0.772. The van der Waals surface area contributed by atoms with Crippen molar-refractivity contribution in [2.45, 2.75) is 12.5 Å². The Bertz CT molecular complexity index is 504. The summed E-state index contributed by atoms with van der Waals surface area (Å²) < 4.78 is 33.9. The van der Waals surface area contributed by atoms with Crippen molar-refractivity contribution in [1.82, 2.24) is 9.03 Å². The van der Waals surface area contributed by atoms with E-state index in [9.17, 15) is 8.42 Å². The number of halogens is 1. The zero-order valence-corrected chi connectivity index (χ0v) is 13.6. The minimum atomic E-state index is -3.44. The maximum Gasteiger partial charge on any atom is 0.279 e. The van der Waals surface area contributed by atoms with Crippen molar-refractivity contribution < 1.29 is 13.2 Å². The van der Waals surface area contributed by atoms with Crippen molar-refractivity contribution in [1.29, 1.82) is 0 Å². The van der Waals surface area contributed by atoms with E-state index in [0.717, 1.165) is 5.56 Å². The number of rotatable bonds is 6. The van der Waals surface area contributed by atoms with Crippen molar-refractivity contribution in [2.75, 3.05) is 31.6 Å². The van der Waals surface area contributed by atoms with E-state index >= 15 is 0 Å². The standard InChI is InChI=1S/C13H19BrN2O3S/c14-11-13(10-12-4-2-1-3-5-12)15-20(17,18)16-6-8-19-9-7-16/h1-5,13,15H,6-11H2. The van der Waals surface area contributed by atoms with Crippen molar-refractivity contribution >= 4 is 26.1 Å². The lowest BCUT2D eigenvalue weighted by Crippen LogP contribution is -2.50. The second-order valence-corrected chi connectivity index (χ2v) is 7.02. The molecule has 1 fully saturated rings. The number of hydrogen-bond acceptors (Lipinski definition) is 3. The highest BCUT2D eigenvalue weighted by Gasteiger charge is 2.26. The van der Waals surface area contributed by atoms with Crippen LogP contribution in [0.3, 0.4) is 0 Å².